The van der Waals surface area contributed by atoms with Crippen LogP contribution in [0.2, 0.25) is 0 Å². The molecule has 0 saturated heterocycles. The highest BCUT2D eigenvalue weighted by Gasteiger charge is 2.36. The summed E-state index contributed by atoms with van der Waals surface area (Å²) in [6, 6.07) is 1.37. The van der Waals surface area contributed by atoms with Crippen molar-refractivity contribution >= 4 is 11.6 Å². The molecule has 0 radical (unpaired) electrons. The topological polar surface area (TPSA) is 68.2 Å². The first-order valence-electron chi connectivity index (χ1n) is 7.76. The van der Waals surface area contributed by atoms with Crippen LogP contribution < -0.4 is 10.9 Å². The molecular formula is C19H20N2O3. The molecule has 1 aliphatic carbocycles. The molecule has 0 aliphatic heterocycles. The SMILES string of the molecule is C#CCCn1c2c(c(C)cc1=O)C(=O)C(C(=C)C)=C(NCC)C2=O. The van der Waals surface area contributed by atoms with Crippen LogP contribution >= 0.6 is 0 Å². The number of nitrogens with zero attached hydrogens (tertiary/aromatic N) is 1. The van der Waals surface area contributed by atoms with Crippen LogP contribution in [0.3, 0.4) is 0 Å². The minimum absolute atomic E-state index is 0.112. The van der Waals surface area contributed by atoms with Crippen molar-refractivity contribution in [3.8, 4) is 12.3 Å². The normalized spacial score (nSPS) is 13.6. The average molecular weight is 324 g/mol. The molecule has 1 aliphatic rings. The fourth-order valence-corrected chi connectivity index (χ4v) is 2.91. The maximum absolute atomic E-state index is 13.0. The summed E-state index contributed by atoms with van der Waals surface area (Å²) in [6.07, 6.45) is 5.58. The number of pyridine rings is 1. The first-order chi connectivity index (χ1) is 11.3. The second kappa shape index (κ2) is 6.71. The molecule has 1 aromatic rings. The van der Waals surface area contributed by atoms with Crippen molar-refractivity contribution in [2.45, 2.75) is 33.7 Å². The molecule has 1 N–H and O–H groups in total. The molecule has 124 valence electrons. The Morgan fingerprint density at radius 2 is 2.00 bits per heavy atom. The highest BCUT2D eigenvalue weighted by Crippen LogP contribution is 2.30. The Morgan fingerprint density at radius 1 is 1.33 bits per heavy atom. The van der Waals surface area contributed by atoms with Crippen LogP contribution in [0.5, 0.6) is 0 Å². The molecule has 0 spiro atoms. The molecule has 2 rings (SSSR count). The fourth-order valence-electron chi connectivity index (χ4n) is 2.91. The standard InChI is InChI=1S/C19H20N2O3/c1-6-8-9-21-13(22)10-12(5)15-17(21)19(24)16(20-7-2)14(11(3)4)18(15)23/h1,10,20H,3,7-9H2,2,4-5H3. The summed E-state index contributed by atoms with van der Waals surface area (Å²) < 4.78 is 1.30. The summed E-state index contributed by atoms with van der Waals surface area (Å²) in [4.78, 5) is 38.3. The van der Waals surface area contributed by atoms with E-state index in [0.717, 1.165) is 0 Å². The Morgan fingerprint density at radius 3 is 2.54 bits per heavy atom. The van der Waals surface area contributed by atoms with Crippen molar-refractivity contribution in [3.05, 3.63) is 56.7 Å². The summed E-state index contributed by atoms with van der Waals surface area (Å²) in [6.45, 7) is 9.66. The van der Waals surface area contributed by atoms with Gasteiger partial charge in [-0.3, -0.25) is 14.4 Å². The number of allylic oxidation sites excluding steroid dienone is 3. The zero-order chi connectivity index (χ0) is 18.0. The number of Topliss-reactive ketones (excluding diaryl/α,β-unsaturated/α-hetero) is 2. The predicted octanol–water partition coefficient (Wildman–Crippen LogP) is 2.00. The van der Waals surface area contributed by atoms with E-state index < -0.39 is 0 Å². The zero-order valence-corrected chi connectivity index (χ0v) is 14.2. The van der Waals surface area contributed by atoms with E-state index in [2.05, 4.69) is 17.8 Å². The number of terminal acetylenes is 1. The smallest absolute Gasteiger partial charge is 0.251 e. The molecule has 0 aromatic carbocycles. The van der Waals surface area contributed by atoms with Crippen molar-refractivity contribution in [2.75, 3.05) is 6.54 Å². The third-order valence-electron chi connectivity index (χ3n) is 3.91. The van der Waals surface area contributed by atoms with E-state index in [1.165, 1.54) is 10.6 Å². The van der Waals surface area contributed by atoms with Gasteiger partial charge < -0.3 is 9.88 Å². The van der Waals surface area contributed by atoms with Gasteiger partial charge in [-0.25, -0.2) is 0 Å². The average Bonchev–Trinajstić information content (AvgIpc) is 2.50. The van der Waals surface area contributed by atoms with Crippen LogP contribution in [0, 0.1) is 19.3 Å². The number of hydrogen-bond acceptors (Lipinski definition) is 4. The van der Waals surface area contributed by atoms with Gasteiger partial charge in [0.15, 0.2) is 5.78 Å². The van der Waals surface area contributed by atoms with Gasteiger partial charge in [0.25, 0.3) is 5.56 Å². The number of ketones is 2. The minimum atomic E-state index is -0.373. The molecular weight excluding hydrogens is 304 g/mol. The Hall–Kier alpha value is -2.87. The highest BCUT2D eigenvalue weighted by atomic mass is 16.1. The van der Waals surface area contributed by atoms with Crippen LogP contribution in [0.4, 0.5) is 0 Å². The number of fused-ring (bicyclic) bond motifs is 1. The second-order valence-electron chi connectivity index (χ2n) is 5.71. The van der Waals surface area contributed by atoms with Gasteiger partial charge in [-0.05, 0) is 31.9 Å². The molecule has 0 bridgehead atoms. The van der Waals surface area contributed by atoms with Gasteiger partial charge in [-0.15, -0.1) is 12.3 Å². The molecule has 0 saturated carbocycles. The van der Waals surface area contributed by atoms with Crippen molar-refractivity contribution < 1.29 is 9.59 Å². The van der Waals surface area contributed by atoms with E-state index in [1.54, 1.807) is 13.8 Å². The number of aromatic nitrogens is 1. The van der Waals surface area contributed by atoms with Crippen molar-refractivity contribution in [1.29, 1.82) is 0 Å². The van der Waals surface area contributed by atoms with E-state index in [9.17, 15) is 14.4 Å². The molecule has 5 nitrogen and oxygen atoms in total. The lowest BCUT2D eigenvalue weighted by Crippen LogP contribution is -2.37. The van der Waals surface area contributed by atoms with Gasteiger partial charge in [0, 0.05) is 25.6 Å². The quantitative estimate of drug-likeness (QED) is 0.841. The third kappa shape index (κ3) is 2.71. The Bertz CT molecular complexity index is 879. The van der Waals surface area contributed by atoms with E-state index in [1.807, 2.05) is 6.92 Å². The number of carbonyl (C=O) groups excluding carboxylic acids is 2. The monoisotopic (exact) mass is 324 g/mol. The first kappa shape index (κ1) is 17.5. The molecule has 0 amide bonds. The molecule has 24 heavy (non-hydrogen) atoms. The van der Waals surface area contributed by atoms with Crippen molar-refractivity contribution in [2.24, 2.45) is 0 Å². The van der Waals surface area contributed by atoms with Gasteiger partial charge in [0.2, 0.25) is 5.78 Å². The summed E-state index contributed by atoms with van der Waals surface area (Å²) in [5.41, 5.74) is 1.51. The van der Waals surface area contributed by atoms with Crippen LogP contribution in [0.15, 0.2) is 34.3 Å². The number of aryl methyl sites for hydroxylation is 1. The summed E-state index contributed by atoms with van der Waals surface area (Å²) >= 11 is 0. The maximum atomic E-state index is 13.0. The zero-order valence-electron chi connectivity index (χ0n) is 14.2. The van der Waals surface area contributed by atoms with Crippen molar-refractivity contribution in [1.82, 2.24) is 9.88 Å². The Balaban J connectivity index is 2.83. The molecule has 0 unspecified atom stereocenters. The molecule has 1 heterocycles. The van der Waals surface area contributed by atoms with Gasteiger partial charge in [0.05, 0.1) is 16.8 Å². The first-order valence-corrected chi connectivity index (χ1v) is 7.76. The largest absolute Gasteiger partial charge is 0.381 e. The highest BCUT2D eigenvalue weighted by molar-refractivity contribution is 6.28. The molecule has 5 heteroatoms. The van der Waals surface area contributed by atoms with Gasteiger partial charge in [-0.2, -0.15) is 0 Å². The fraction of sp³-hybridized carbons (Fsp3) is 0.316. The third-order valence-corrected chi connectivity index (χ3v) is 3.91. The predicted molar refractivity (Wildman–Crippen MR) is 93.1 cm³/mol. The number of nitrogens with one attached hydrogen (secondary N) is 1. The summed E-state index contributed by atoms with van der Waals surface area (Å²) in [5, 5.41) is 2.95. The summed E-state index contributed by atoms with van der Waals surface area (Å²) in [5.74, 6) is 1.79. The number of hydrogen-bond donors (Lipinski definition) is 1. The number of likely N-dealkylation sites (N-methyl/N-ethyl adjacent to an activating group) is 1. The van der Waals surface area contributed by atoms with Gasteiger partial charge >= 0.3 is 0 Å². The maximum Gasteiger partial charge on any atom is 0.251 e. The van der Waals surface area contributed by atoms with Gasteiger partial charge in [-0.1, -0.05) is 6.58 Å². The summed E-state index contributed by atoms with van der Waals surface area (Å²) in [7, 11) is 0. The van der Waals surface area contributed by atoms with Crippen LogP contribution in [0.25, 0.3) is 0 Å². The minimum Gasteiger partial charge on any atom is -0.381 e. The van der Waals surface area contributed by atoms with Gasteiger partial charge in [0.1, 0.15) is 5.69 Å². The van der Waals surface area contributed by atoms with Crippen LogP contribution in [-0.2, 0) is 6.54 Å². The van der Waals surface area contributed by atoms with E-state index in [0.29, 0.717) is 24.1 Å². The van der Waals surface area contributed by atoms with E-state index >= 15 is 0 Å². The van der Waals surface area contributed by atoms with Crippen LogP contribution in [-0.4, -0.2) is 22.7 Å². The number of carbonyl (C=O) groups is 2. The lowest BCUT2D eigenvalue weighted by molar-refractivity contribution is 0.0961. The second-order valence-corrected chi connectivity index (χ2v) is 5.71. The lowest BCUT2D eigenvalue weighted by atomic mass is 9.84. The number of rotatable bonds is 5. The van der Waals surface area contributed by atoms with Crippen LogP contribution in [0.1, 0.15) is 46.7 Å². The molecule has 0 atom stereocenters. The Kier molecular flexibility index (Phi) is 4.89. The van der Waals surface area contributed by atoms with Crippen molar-refractivity contribution in [3.63, 3.8) is 0 Å². The molecule has 1 aromatic heterocycles. The lowest BCUT2D eigenvalue weighted by Gasteiger charge is -2.25. The van der Waals surface area contributed by atoms with E-state index in [4.69, 9.17) is 6.42 Å². The Labute approximate surface area is 141 Å². The molecule has 0 fully saturated rings. The van der Waals surface area contributed by atoms with E-state index in [-0.39, 0.29) is 46.2 Å².